The van der Waals surface area contributed by atoms with Gasteiger partial charge in [-0.25, -0.2) is 4.79 Å². The predicted molar refractivity (Wildman–Crippen MR) is 90.3 cm³/mol. The lowest BCUT2D eigenvalue weighted by atomic mass is 10.1. The number of nitro groups is 1. The molecule has 25 heavy (non-hydrogen) atoms. The van der Waals surface area contributed by atoms with E-state index in [-0.39, 0.29) is 17.0 Å². The van der Waals surface area contributed by atoms with Gasteiger partial charge in [0.1, 0.15) is 0 Å². The molecule has 130 valence electrons. The quantitative estimate of drug-likeness (QED) is 0.336. The summed E-state index contributed by atoms with van der Waals surface area (Å²) in [5.41, 5.74) is -0.0812. The van der Waals surface area contributed by atoms with Gasteiger partial charge in [-0.3, -0.25) is 14.9 Å². The van der Waals surface area contributed by atoms with Crippen LogP contribution >= 0.6 is 11.6 Å². The molecule has 0 saturated carbocycles. The highest BCUT2D eigenvalue weighted by Gasteiger charge is 2.23. The molecule has 0 aliphatic rings. The third kappa shape index (κ3) is 4.33. The van der Waals surface area contributed by atoms with Crippen molar-refractivity contribution in [3.63, 3.8) is 0 Å². The number of rotatable bonds is 6. The van der Waals surface area contributed by atoms with Gasteiger partial charge in [0.05, 0.1) is 17.6 Å². The lowest BCUT2D eigenvalue weighted by Crippen LogP contribution is -2.24. The fraction of sp³-hybridized carbons (Fsp3) is 0.176. The van der Waals surface area contributed by atoms with Crippen LogP contribution in [-0.2, 0) is 4.74 Å². The molecule has 0 amide bonds. The number of nitro benzene ring substituents is 1. The van der Waals surface area contributed by atoms with Gasteiger partial charge >= 0.3 is 11.7 Å². The van der Waals surface area contributed by atoms with Crippen LogP contribution in [0.25, 0.3) is 0 Å². The van der Waals surface area contributed by atoms with Gasteiger partial charge < -0.3 is 9.47 Å². The molecule has 2 aromatic carbocycles. The van der Waals surface area contributed by atoms with E-state index < -0.39 is 22.8 Å². The summed E-state index contributed by atoms with van der Waals surface area (Å²) >= 11 is 5.76. The Kier molecular flexibility index (Phi) is 5.71. The molecule has 0 fully saturated rings. The highest BCUT2D eigenvalue weighted by molar-refractivity contribution is 6.30. The van der Waals surface area contributed by atoms with Gasteiger partial charge in [-0.2, -0.15) is 0 Å². The summed E-state index contributed by atoms with van der Waals surface area (Å²) in [6, 6.07) is 9.81. The number of nitrogens with zero attached hydrogens (tertiary/aromatic N) is 1. The molecule has 0 aliphatic heterocycles. The van der Waals surface area contributed by atoms with Gasteiger partial charge in [0.25, 0.3) is 0 Å². The first-order chi connectivity index (χ1) is 11.8. The zero-order valence-corrected chi connectivity index (χ0v) is 14.1. The van der Waals surface area contributed by atoms with E-state index in [4.69, 9.17) is 21.1 Å². The molecule has 2 aromatic rings. The molecule has 8 heteroatoms. The van der Waals surface area contributed by atoms with E-state index in [1.54, 1.807) is 12.1 Å². The number of hydrogen-bond acceptors (Lipinski definition) is 6. The van der Waals surface area contributed by atoms with Crippen LogP contribution in [0.2, 0.25) is 5.02 Å². The Morgan fingerprint density at radius 3 is 2.28 bits per heavy atom. The number of ether oxygens (including phenoxy) is 2. The van der Waals surface area contributed by atoms with E-state index >= 15 is 0 Å². The third-order valence-corrected chi connectivity index (χ3v) is 3.65. The van der Waals surface area contributed by atoms with E-state index in [0.717, 1.165) is 6.07 Å². The molecule has 0 N–H and O–H groups in total. The van der Waals surface area contributed by atoms with E-state index in [0.29, 0.717) is 10.6 Å². The summed E-state index contributed by atoms with van der Waals surface area (Å²) in [4.78, 5) is 34.7. The summed E-state index contributed by atoms with van der Waals surface area (Å²) in [5.74, 6) is -1.24. The van der Waals surface area contributed by atoms with Crippen LogP contribution < -0.4 is 4.74 Å². The number of carbonyl (C=O) groups excluding carboxylic acids is 2. The van der Waals surface area contributed by atoms with Gasteiger partial charge in [0, 0.05) is 16.7 Å². The van der Waals surface area contributed by atoms with Crippen LogP contribution in [0, 0.1) is 10.1 Å². The summed E-state index contributed by atoms with van der Waals surface area (Å²) in [5, 5.41) is 11.5. The monoisotopic (exact) mass is 363 g/mol. The Morgan fingerprint density at radius 2 is 1.72 bits per heavy atom. The van der Waals surface area contributed by atoms with Gasteiger partial charge in [0.2, 0.25) is 5.78 Å². The normalized spacial score (nSPS) is 11.5. The fourth-order valence-corrected chi connectivity index (χ4v) is 2.22. The average molecular weight is 364 g/mol. The van der Waals surface area contributed by atoms with Crippen LogP contribution in [0.5, 0.6) is 5.75 Å². The molecule has 0 saturated heterocycles. The third-order valence-electron chi connectivity index (χ3n) is 3.39. The van der Waals surface area contributed by atoms with Crippen molar-refractivity contribution in [3.05, 3.63) is 68.7 Å². The molecule has 0 radical (unpaired) electrons. The van der Waals surface area contributed by atoms with Gasteiger partial charge in [-0.05, 0) is 43.3 Å². The van der Waals surface area contributed by atoms with Crippen molar-refractivity contribution in [2.45, 2.75) is 13.0 Å². The van der Waals surface area contributed by atoms with E-state index in [2.05, 4.69) is 0 Å². The van der Waals surface area contributed by atoms with Crippen molar-refractivity contribution in [1.29, 1.82) is 0 Å². The largest absolute Gasteiger partial charge is 0.490 e. The first-order valence-electron chi connectivity index (χ1n) is 7.16. The maximum atomic E-state index is 12.2. The Morgan fingerprint density at radius 1 is 1.12 bits per heavy atom. The topological polar surface area (TPSA) is 95.7 Å². The highest BCUT2D eigenvalue weighted by atomic mass is 35.5. The molecular weight excluding hydrogens is 350 g/mol. The highest BCUT2D eigenvalue weighted by Crippen LogP contribution is 2.28. The van der Waals surface area contributed by atoms with Gasteiger partial charge in [-0.1, -0.05) is 11.6 Å². The number of Topliss-reactive ketones (excluding diaryl/α,β-unsaturated/α-hetero) is 1. The fourth-order valence-electron chi connectivity index (χ4n) is 2.09. The van der Waals surface area contributed by atoms with Crippen LogP contribution in [0.4, 0.5) is 5.69 Å². The molecule has 0 unspecified atom stereocenters. The van der Waals surface area contributed by atoms with Crippen LogP contribution in [-0.4, -0.2) is 29.9 Å². The number of carbonyl (C=O) groups is 2. The molecule has 0 aromatic heterocycles. The zero-order valence-electron chi connectivity index (χ0n) is 13.4. The Bertz CT molecular complexity index is 818. The zero-order chi connectivity index (χ0) is 18.6. The molecular formula is C17H14ClNO6. The maximum absolute atomic E-state index is 12.2. The molecule has 0 aliphatic carbocycles. The average Bonchev–Trinajstić information content (AvgIpc) is 2.60. The summed E-state index contributed by atoms with van der Waals surface area (Å²) in [7, 11) is 1.28. The van der Waals surface area contributed by atoms with Crippen molar-refractivity contribution < 1.29 is 24.0 Å². The molecule has 0 bridgehead atoms. The molecule has 2 rings (SSSR count). The minimum Gasteiger partial charge on any atom is -0.490 e. The molecule has 0 spiro atoms. The van der Waals surface area contributed by atoms with Crippen LogP contribution in [0.3, 0.4) is 0 Å². The number of hydrogen-bond donors (Lipinski definition) is 0. The van der Waals surface area contributed by atoms with Crippen molar-refractivity contribution in [2.75, 3.05) is 7.11 Å². The smallest absolute Gasteiger partial charge is 0.339 e. The minimum absolute atomic E-state index is 0.0202. The molecule has 1 atom stereocenters. The van der Waals surface area contributed by atoms with E-state index in [1.165, 1.54) is 38.3 Å². The number of benzene rings is 2. The van der Waals surface area contributed by atoms with E-state index in [1.807, 2.05) is 0 Å². The van der Waals surface area contributed by atoms with Crippen molar-refractivity contribution in [2.24, 2.45) is 0 Å². The number of ketones is 1. The van der Waals surface area contributed by atoms with Gasteiger partial charge in [0.15, 0.2) is 11.9 Å². The summed E-state index contributed by atoms with van der Waals surface area (Å²) in [6.07, 6.45) is -1.06. The standard InChI is InChI=1S/C17H14ClNO6/c1-10(16(20)11-3-6-13(18)7-4-11)25-17(21)12-5-8-15(24-2)14(9-12)19(22)23/h3-10H,1-2H3/t10-/m1/s1. The van der Waals surface area contributed by atoms with Crippen LogP contribution in [0.15, 0.2) is 42.5 Å². The van der Waals surface area contributed by atoms with E-state index in [9.17, 15) is 19.7 Å². The number of halogens is 1. The van der Waals surface area contributed by atoms with Crippen molar-refractivity contribution in [3.8, 4) is 5.75 Å². The Balaban J connectivity index is 2.15. The first-order valence-corrected chi connectivity index (χ1v) is 7.54. The van der Waals surface area contributed by atoms with Crippen molar-refractivity contribution >= 4 is 29.0 Å². The Labute approximate surface area is 148 Å². The minimum atomic E-state index is -1.06. The van der Waals surface area contributed by atoms with Gasteiger partial charge in [-0.15, -0.1) is 0 Å². The summed E-state index contributed by atoms with van der Waals surface area (Å²) < 4.78 is 9.98. The number of esters is 1. The second-order valence-electron chi connectivity index (χ2n) is 5.06. The second kappa shape index (κ2) is 7.76. The molecule has 7 nitrogen and oxygen atoms in total. The predicted octanol–water partition coefficient (Wildman–Crippen LogP) is 3.69. The van der Waals surface area contributed by atoms with Crippen LogP contribution in [0.1, 0.15) is 27.6 Å². The Hall–Kier alpha value is -2.93. The van der Waals surface area contributed by atoms with Crippen molar-refractivity contribution in [1.82, 2.24) is 0 Å². The summed E-state index contributed by atoms with van der Waals surface area (Å²) in [6.45, 7) is 1.42. The number of methoxy groups -OCH3 is 1. The molecule has 0 heterocycles. The second-order valence-corrected chi connectivity index (χ2v) is 5.50. The SMILES string of the molecule is COc1ccc(C(=O)O[C@H](C)C(=O)c2ccc(Cl)cc2)cc1[N+](=O)[O-]. The maximum Gasteiger partial charge on any atom is 0.339 e. The lowest BCUT2D eigenvalue weighted by molar-refractivity contribution is -0.385. The first kappa shape index (κ1) is 18.4. The lowest BCUT2D eigenvalue weighted by Gasteiger charge is -2.12.